The van der Waals surface area contributed by atoms with Crippen molar-refractivity contribution >= 4 is 11.6 Å². The van der Waals surface area contributed by atoms with Gasteiger partial charge in [0.15, 0.2) is 5.60 Å². The lowest BCUT2D eigenvalue weighted by Gasteiger charge is -2.39. The van der Waals surface area contributed by atoms with Crippen LogP contribution in [0.2, 0.25) is 0 Å². The Bertz CT molecular complexity index is 552. The second-order valence-corrected chi connectivity index (χ2v) is 7.03. The topological polar surface area (TPSA) is 55.6 Å². The third-order valence-corrected chi connectivity index (χ3v) is 4.00. The van der Waals surface area contributed by atoms with E-state index in [1.165, 1.54) is 0 Å². The molecule has 1 aliphatic heterocycles. The van der Waals surface area contributed by atoms with E-state index in [4.69, 9.17) is 10.5 Å². The first kappa shape index (κ1) is 16.8. The SMILES string of the molecule is CCCN1C(=O)C(C)(C)Oc2ccc(C(N)CC(C)C)cc21. The zero-order valence-corrected chi connectivity index (χ0v) is 14.3. The molecule has 0 saturated carbocycles. The van der Waals surface area contributed by atoms with Gasteiger partial charge >= 0.3 is 0 Å². The fraction of sp³-hybridized carbons (Fsp3) is 0.611. The number of amides is 1. The molecule has 1 heterocycles. The van der Waals surface area contributed by atoms with Crippen LogP contribution in [0.5, 0.6) is 5.75 Å². The molecular formula is C18H28N2O2. The van der Waals surface area contributed by atoms with Crippen molar-refractivity contribution in [3.8, 4) is 5.75 Å². The molecule has 4 heteroatoms. The van der Waals surface area contributed by atoms with Gasteiger partial charge in [-0.3, -0.25) is 4.79 Å². The van der Waals surface area contributed by atoms with Crippen LogP contribution in [0, 0.1) is 5.92 Å². The Morgan fingerprint density at radius 3 is 2.59 bits per heavy atom. The van der Waals surface area contributed by atoms with E-state index in [1.54, 1.807) is 0 Å². The number of hydrogen-bond acceptors (Lipinski definition) is 3. The quantitative estimate of drug-likeness (QED) is 0.903. The van der Waals surface area contributed by atoms with Crippen molar-refractivity contribution in [2.75, 3.05) is 11.4 Å². The molecule has 0 bridgehead atoms. The number of benzene rings is 1. The molecule has 1 amide bonds. The molecule has 0 radical (unpaired) electrons. The summed E-state index contributed by atoms with van der Waals surface area (Å²) in [5.41, 5.74) is 7.39. The van der Waals surface area contributed by atoms with Crippen LogP contribution in [0.4, 0.5) is 5.69 Å². The summed E-state index contributed by atoms with van der Waals surface area (Å²) in [4.78, 5) is 14.5. The summed E-state index contributed by atoms with van der Waals surface area (Å²) in [6, 6.07) is 5.97. The summed E-state index contributed by atoms with van der Waals surface area (Å²) in [5, 5.41) is 0. The molecule has 4 nitrogen and oxygen atoms in total. The van der Waals surface area contributed by atoms with Crippen molar-refractivity contribution in [3.05, 3.63) is 23.8 Å². The molecule has 1 aromatic carbocycles. The third kappa shape index (κ3) is 3.27. The van der Waals surface area contributed by atoms with Gasteiger partial charge in [-0.25, -0.2) is 0 Å². The highest BCUT2D eigenvalue weighted by Crippen LogP contribution is 2.39. The van der Waals surface area contributed by atoms with Crippen LogP contribution >= 0.6 is 0 Å². The molecular weight excluding hydrogens is 276 g/mol. The van der Waals surface area contributed by atoms with Crippen LogP contribution in [0.25, 0.3) is 0 Å². The zero-order chi connectivity index (χ0) is 16.5. The van der Waals surface area contributed by atoms with Crippen molar-refractivity contribution in [3.63, 3.8) is 0 Å². The fourth-order valence-electron chi connectivity index (χ4n) is 2.90. The van der Waals surface area contributed by atoms with Crippen LogP contribution in [-0.4, -0.2) is 18.1 Å². The maximum atomic E-state index is 12.6. The van der Waals surface area contributed by atoms with E-state index >= 15 is 0 Å². The van der Waals surface area contributed by atoms with Gasteiger partial charge in [0.05, 0.1) is 5.69 Å². The average molecular weight is 304 g/mol. The number of nitrogens with two attached hydrogens (primary N) is 1. The van der Waals surface area contributed by atoms with E-state index in [2.05, 4.69) is 20.8 Å². The monoisotopic (exact) mass is 304 g/mol. The summed E-state index contributed by atoms with van der Waals surface area (Å²) in [6.45, 7) is 10.7. The number of fused-ring (bicyclic) bond motifs is 1. The molecule has 0 aromatic heterocycles. The highest BCUT2D eigenvalue weighted by Gasteiger charge is 2.40. The van der Waals surface area contributed by atoms with Crippen LogP contribution in [-0.2, 0) is 4.79 Å². The predicted molar refractivity (Wildman–Crippen MR) is 90.2 cm³/mol. The van der Waals surface area contributed by atoms with Gasteiger partial charge in [0.2, 0.25) is 0 Å². The molecule has 0 saturated heterocycles. The molecule has 0 fully saturated rings. The van der Waals surface area contributed by atoms with E-state index in [0.717, 1.165) is 29.8 Å². The molecule has 2 N–H and O–H groups in total. The van der Waals surface area contributed by atoms with Crippen LogP contribution < -0.4 is 15.4 Å². The first-order chi connectivity index (χ1) is 10.3. The van der Waals surface area contributed by atoms with E-state index in [1.807, 2.05) is 36.9 Å². The van der Waals surface area contributed by atoms with Gasteiger partial charge in [0.1, 0.15) is 5.75 Å². The van der Waals surface area contributed by atoms with Gasteiger partial charge in [0, 0.05) is 12.6 Å². The third-order valence-electron chi connectivity index (χ3n) is 4.00. The Morgan fingerprint density at radius 2 is 2.00 bits per heavy atom. The highest BCUT2D eigenvalue weighted by atomic mass is 16.5. The van der Waals surface area contributed by atoms with Crippen molar-refractivity contribution < 1.29 is 9.53 Å². The van der Waals surface area contributed by atoms with Crippen LogP contribution in [0.1, 0.15) is 59.1 Å². The molecule has 0 aliphatic carbocycles. The average Bonchev–Trinajstić information content (AvgIpc) is 2.42. The number of ether oxygens (including phenoxy) is 1. The van der Waals surface area contributed by atoms with Gasteiger partial charge in [-0.2, -0.15) is 0 Å². The van der Waals surface area contributed by atoms with Gasteiger partial charge in [-0.15, -0.1) is 0 Å². The lowest BCUT2D eigenvalue weighted by atomic mass is 9.96. The smallest absolute Gasteiger partial charge is 0.270 e. The Labute approximate surface area is 133 Å². The molecule has 1 aliphatic rings. The molecule has 122 valence electrons. The summed E-state index contributed by atoms with van der Waals surface area (Å²) in [5.74, 6) is 1.31. The van der Waals surface area contributed by atoms with Crippen LogP contribution in [0.3, 0.4) is 0 Å². The standard InChI is InChI=1S/C18H28N2O2/c1-6-9-20-15-11-13(14(19)10-12(2)3)7-8-16(15)22-18(4,5)17(20)21/h7-8,11-12,14H,6,9-10,19H2,1-5H3. The molecule has 0 spiro atoms. The Balaban J connectivity index is 2.40. The fourth-order valence-corrected chi connectivity index (χ4v) is 2.90. The number of carbonyl (C=O) groups is 1. The second-order valence-electron chi connectivity index (χ2n) is 7.03. The first-order valence-electron chi connectivity index (χ1n) is 8.16. The lowest BCUT2D eigenvalue weighted by molar-refractivity contribution is -0.132. The number of anilines is 1. The first-order valence-corrected chi connectivity index (χ1v) is 8.16. The normalized spacial score (nSPS) is 18.1. The molecule has 22 heavy (non-hydrogen) atoms. The van der Waals surface area contributed by atoms with E-state index < -0.39 is 5.60 Å². The van der Waals surface area contributed by atoms with Crippen LogP contribution in [0.15, 0.2) is 18.2 Å². The van der Waals surface area contributed by atoms with Crippen molar-refractivity contribution in [1.29, 1.82) is 0 Å². The Kier molecular flexibility index (Phi) is 4.81. The highest BCUT2D eigenvalue weighted by molar-refractivity contribution is 6.02. The second kappa shape index (κ2) is 6.29. The largest absolute Gasteiger partial charge is 0.476 e. The zero-order valence-electron chi connectivity index (χ0n) is 14.3. The summed E-state index contributed by atoms with van der Waals surface area (Å²) >= 11 is 0. The van der Waals surface area contributed by atoms with E-state index in [-0.39, 0.29) is 11.9 Å². The number of rotatable bonds is 5. The molecule has 2 rings (SSSR count). The van der Waals surface area contributed by atoms with E-state index in [9.17, 15) is 4.79 Å². The minimum atomic E-state index is -0.816. The maximum Gasteiger partial charge on any atom is 0.270 e. The van der Waals surface area contributed by atoms with Gasteiger partial charge in [-0.05, 0) is 50.3 Å². The number of carbonyl (C=O) groups excluding carboxylic acids is 1. The maximum absolute atomic E-state index is 12.6. The summed E-state index contributed by atoms with van der Waals surface area (Å²) in [6.07, 6.45) is 1.83. The molecule has 1 unspecified atom stereocenters. The van der Waals surface area contributed by atoms with Crippen molar-refractivity contribution in [2.45, 2.75) is 59.1 Å². The van der Waals surface area contributed by atoms with Crippen molar-refractivity contribution in [2.24, 2.45) is 11.7 Å². The van der Waals surface area contributed by atoms with Gasteiger partial charge in [0.25, 0.3) is 5.91 Å². The molecule has 1 aromatic rings. The molecule has 1 atom stereocenters. The van der Waals surface area contributed by atoms with Gasteiger partial charge < -0.3 is 15.4 Å². The van der Waals surface area contributed by atoms with Gasteiger partial charge in [-0.1, -0.05) is 26.8 Å². The lowest BCUT2D eigenvalue weighted by Crippen LogP contribution is -2.52. The minimum Gasteiger partial charge on any atom is -0.476 e. The number of nitrogens with zero attached hydrogens (tertiary/aromatic N) is 1. The van der Waals surface area contributed by atoms with E-state index in [0.29, 0.717) is 12.5 Å². The Morgan fingerprint density at radius 1 is 1.32 bits per heavy atom. The summed E-state index contributed by atoms with van der Waals surface area (Å²) < 4.78 is 5.89. The summed E-state index contributed by atoms with van der Waals surface area (Å²) in [7, 11) is 0. The Hall–Kier alpha value is -1.55. The number of hydrogen-bond donors (Lipinski definition) is 1. The predicted octanol–water partition coefficient (Wildman–Crippen LogP) is 3.65. The minimum absolute atomic E-state index is 0.0106. The van der Waals surface area contributed by atoms with Crippen molar-refractivity contribution in [1.82, 2.24) is 0 Å².